The third-order valence-corrected chi connectivity index (χ3v) is 1.42. The number of carbonyl (C=O) groups excluding carboxylic acids is 1. The number of oxazole rings is 1. The molecule has 5 nitrogen and oxygen atoms in total. The van der Waals surface area contributed by atoms with Crippen LogP contribution in [0.5, 0.6) is 0 Å². The first-order chi connectivity index (χ1) is 6.15. The van der Waals surface area contributed by atoms with Crippen LogP contribution in [-0.4, -0.2) is 17.5 Å². The van der Waals surface area contributed by atoms with E-state index in [4.69, 9.17) is 9.25 Å². The van der Waals surface area contributed by atoms with Gasteiger partial charge >= 0.3 is 5.91 Å². The Morgan fingerprint density at radius 1 is 1.62 bits per heavy atom. The van der Waals surface area contributed by atoms with Gasteiger partial charge in [0.2, 0.25) is 5.76 Å². The molecular weight excluding hydrogens is 172 g/mol. The molecule has 1 N–H and O–H groups in total. The van der Waals surface area contributed by atoms with Crippen molar-refractivity contribution in [2.45, 2.75) is 20.8 Å². The van der Waals surface area contributed by atoms with Crippen LogP contribution in [0.25, 0.3) is 0 Å². The van der Waals surface area contributed by atoms with Crippen LogP contribution in [0.4, 0.5) is 0 Å². The van der Waals surface area contributed by atoms with E-state index < -0.39 is 5.91 Å². The molecule has 0 atom stereocenters. The molecule has 72 valence electrons. The van der Waals surface area contributed by atoms with E-state index in [-0.39, 0.29) is 5.76 Å². The number of aryl methyl sites for hydroxylation is 2. The van der Waals surface area contributed by atoms with Gasteiger partial charge < -0.3 is 4.42 Å². The topological polar surface area (TPSA) is 64.4 Å². The fraction of sp³-hybridized carbons (Fsp3) is 0.500. The molecule has 1 aromatic heterocycles. The zero-order chi connectivity index (χ0) is 9.84. The third kappa shape index (κ3) is 2.29. The number of nitrogens with one attached hydrogen (secondary N) is 1. The summed E-state index contributed by atoms with van der Waals surface area (Å²) in [5.41, 5.74) is 2.79. The second-order valence-corrected chi connectivity index (χ2v) is 2.51. The van der Waals surface area contributed by atoms with Crippen LogP contribution in [0, 0.1) is 13.8 Å². The van der Waals surface area contributed by atoms with Crippen molar-refractivity contribution in [1.82, 2.24) is 10.5 Å². The summed E-state index contributed by atoms with van der Waals surface area (Å²) in [6.07, 6.45) is 0. The summed E-state index contributed by atoms with van der Waals surface area (Å²) in [5.74, 6) is 0.269. The molecule has 13 heavy (non-hydrogen) atoms. The Labute approximate surface area is 76.0 Å². The lowest BCUT2D eigenvalue weighted by Crippen LogP contribution is -2.23. The van der Waals surface area contributed by atoms with Crippen molar-refractivity contribution in [2.24, 2.45) is 0 Å². The minimum atomic E-state index is -0.403. The molecule has 1 amide bonds. The summed E-state index contributed by atoms with van der Waals surface area (Å²) < 4.78 is 5.07. The summed E-state index contributed by atoms with van der Waals surface area (Å²) in [7, 11) is 0. The van der Waals surface area contributed by atoms with Crippen molar-refractivity contribution >= 4 is 5.91 Å². The van der Waals surface area contributed by atoms with Crippen molar-refractivity contribution in [3.05, 3.63) is 17.3 Å². The van der Waals surface area contributed by atoms with E-state index >= 15 is 0 Å². The Kier molecular flexibility index (Phi) is 3.02. The molecule has 0 aliphatic rings. The number of rotatable bonds is 3. The van der Waals surface area contributed by atoms with Gasteiger partial charge in [-0.2, -0.15) is 0 Å². The highest BCUT2D eigenvalue weighted by Gasteiger charge is 2.15. The molecule has 0 saturated carbocycles. The Morgan fingerprint density at radius 2 is 2.31 bits per heavy atom. The number of hydroxylamine groups is 1. The second-order valence-electron chi connectivity index (χ2n) is 2.51. The van der Waals surface area contributed by atoms with E-state index in [2.05, 4.69) is 10.5 Å². The smallest absolute Gasteiger partial charge is 0.312 e. The molecule has 0 fully saturated rings. The highest BCUT2D eigenvalue weighted by Crippen LogP contribution is 2.08. The molecule has 0 aliphatic heterocycles. The first-order valence-electron chi connectivity index (χ1n) is 4.01. The summed E-state index contributed by atoms with van der Waals surface area (Å²) in [4.78, 5) is 20.0. The number of carbonyl (C=O) groups is 1. The van der Waals surface area contributed by atoms with Crippen molar-refractivity contribution in [2.75, 3.05) is 6.61 Å². The van der Waals surface area contributed by atoms with Gasteiger partial charge in [0.05, 0.1) is 12.3 Å². The van der Waals surface area contributed by atoms with Crippen LogP contribution in [0.2, 0.25) is 0 Å². The second kappa shape index (κ2) is 4.04. The fourth-order valence-electron chi connectivity index (χ4n) is 0.926. The van der Waals surface area contributed by atoms with Gasteiger partial charge in [-0.25, -0.2) is 10.5 Å². The summed E-state index contributed by atoms with van der Waals surface area (Å²) >= 11 is 0. The maximum Gasteiger partial charge on any atom is 0.312 e. The van der Waals surface area contributed by atoms with Crippen LogP contribution in [0.1, 0.15) is 29.1 Å². The Bertz CT molecular complexity index is 306. The molecule has 1 rings (SSSR count). The number of nitrogens with zero attached hydrogens (tertiary/aromatic N) is 1. The van der Waals surface area contributed by atoms with Gasteiger partial charge in [-0.05, 0) is 13.8 Å². The zero-order valence-corrected chi connectivity index (χ0v) is 7.88. The predicted molar refractivity (Wildman–Crippen MR) is 45.1 cm³/mol. The standard InChI is InChI=1S/C8H12N2O3/c1-4-12-10-8(11)7-5(2)9-6(3)13-7/h4H2,1-3H3,(H,10,11). The molecule has 1 heterocycles. The minimum absolute atomic E-state index is 0.200. The Balaban J connectivity index is 2.70. The molecule has 0 bridgehead atoms. The van der Waals surface area contributed by atoms with Gasteiger partial charge in [-0.15, -0.1) is 0 Å². The van der Waals surface area contributed by atoms with Crippen molar-refractivity contribution in [3.63, 3.8) is 0 Å². The molecule has 0 spiro atoms. The van der Waals surface area contributed by atoms with Crippen LogP contribution < -0.4 is 5.48 Å². The molecule has 0 saturated heterocycles. The average Bonchev–Trinajstić information content (AvgIpc) is 2.41. The van der Waals surface area contributed by atoms with E-state index in [1.54, 1.807) is 20.8 Å². The monoisotopic (exact) mass is 184 g/mol. The average molecular weight is 184 g/mol. The van der Waals surface area contributed by atoms with Gasteiger partial charge in [0.1, 0.15) is 0 Å². The van der Waals surface area contributed by atoms with Gasteiger partial charge in [0.25, 0.3) is 0 Å². The van der Waals surface area contributed by atoms with Crippen molar-refractivity contribution in [3.8, 4) is 0 Å². The van der Waals surface area contributed by atoms with E-state index in [9.17, 15) is 4.79 Å². The van der Waals surface area contributed by atoms with E-state index in [1.807, 2.05) is 0 Å². The lowest BCUT2D eigenvalue weighted by atomic mass is 10.4. The third-order valence-electron chi connectivity index (χ3n) is 1.42. The number of hydrogen-bond donors (Lipinski definition) is 1. The minimum Gasteiger partial charge on any atom is -0.435 e. The summed E-state index contributed by atoms with van der Waals surface area (Å²) in [5, 5.41) is 0. The van der Waals surface area contributed by atoms with E-state index in [0.29, 0.717) is 18.2 Å². The van der Waals surface area contributed by atoms with Gasteiger partial charge in [0.15, 0.2) is 5.89 Å². The number of amides is 1. The zero-order valence-electron chi connectivity index (χ0n) is 7.88. The van der Waals surface area contributed by atoms with Gasteiger partial charge in [-0.3, -0.25) is 9.63 Å². The summed E-state index contributed by atoms with van der Waals surface area (Å²) in [6, 6.07) is 0. The Morgan fingerprint density at radius 3 is 2.77 bits per heavy atom. The fourth-order valence-corrected chi connectivity index (χ4v) is 0.926. The highest BCUT2D eigenvalue weighted by molar-refractivity contribution is 5.91. The molecule has 5 heteroatoms. The highest BCUT2D eigenvalue weighted by atomic mass is 16.7. The largest absolute Gasteiger partial charge is 0.435 e. The van der Waals surface area contributed by atoms with Gasteiger partial charge in [-0.1, -0.05) is 0 Å². The quantitative estimate of drug-likeness (QED) is 0.711. The normalized spacial score (nSPS) is 10.1. The maximum atomic E-state index is 11.3. The van der Waals surface area contributed by atoms with Crippen LogP contribution in [0.3, 0.4) is 0 Å². The predicted octanol–water partition coefficient (Wildman–Crippen LogP) is 0.973. The molecular formula is C8H12N2O3. The molecule has 0 aliphatic carbocycles. The summed E-state index contributed by atoms with van der Waals surface area (Å²) in [6.45, 7) is 5.58. The lowest BCUT2D eigenvalue weighted by Gasteiger charge is -2.00. The van der Waals surface area contributed by atoms with E-state index in [1.165, 1.54) is 0 Å². The first-order valence-corrected chi connectivity index (χ1v) is 4.01. The van der Waals surface area contributed by atoms with Crippen molar-refractivity contribution < 1.29 is 14.0 Å². The SMILES string of the molecule is CCONC(=O)c1oc(C)nc1C. The molecule has 0 radical (unpaired) electrons. The van der Waals surface area contributed by atoms with Crippen LogP contribution in [0.15, 0.2) is 4.42 Å². The van der Waals surface area contributed by atoms with E-state index in [0.717, 1.165) is 0 Å². The Hall–Kier alpha value is -1.36. The first kappa shape index (κ1) is 9.73. The molecule has 1 aromatic rings. The van der Waals surface area contributed by atoms with Crippen LogP contribution in [-0.2, 0) is 4.84 Å². The number of aromatic nitrogens is 1. The van der Waals surface area contributed by atoms with Crippen LogP contribution >= 0.6 is 0 Å². The maximum absolute atomic E-state index is 11.3. The van der Waals surface area contributed by atoms with Gasteiger partial charge in [0, 0.05) is 6.92 Å². The molecule has 0 unspecified atom stereocenters. The van der Waals surface area contributed by atoms with Crippen molar-refractivity contribution in [1.29, 1.82) is 0 Å². The lowest BCUT2D eigenvalue weighted by molar-refractivity contribution is 0.0339. The number of hydrogen-bond acceptors (Lipinski definition) is 4. The molecule has 0 aromatic carbocycles.